The maximum Gasteiger partial charge on any atom is 0.220 e. The van der Waals surface area contributed by atoms with Gasteiger partial charge in [-0.15, -0.1) is 0 Å². The first-order valence-electron chi connectivity index (χ1n) is 5.53. The average Bonchev–Trinajstić information content (AvgIpc) is 2.66. The lowest BCUT2D eigenvalue weighted by Gasteiger charge is -2.27. The van der Waals surface area contributed by atoms with Crippen LogP contribution in [0.2, 0.25) is 0 Å². The smallest absolute Gasteiger partial charge is 0.220 e. The molecule has 0 atom stereocenters. The van der Waals surface area contributed by atoms with Gasteiger partial charge < -0.3 is 10.6 Å². The van der Waals surface area contributed by atoms with E-state index in [-0.39, 0.29) is 17.2 Å². The zero-order valence-corrected chi connectivity index (χ0v) is 9.56. The zero-order chi connectivity index (χ0) is 11.3. The van der Waals surface area contributed by atoms with Gasteiger partial charge in [-0.2, -0.15) is 0 Å². The summed E-state index contributed by atoms with van der Waals surface area (Å²) < 4.78 is 0. The van der Waals surface area contributed by atoms with E-state index in [2.05, 4.69) is 10.6 Å². The first-order valence-corrected chi connectivity index (χ1v) is 5.53. The summed E-state index contributed by atoms with van der Waals surface area (Å²) >= 11 is 0. The Bertz CT molecular complexity index is 225. The van der Waals surface area contributed by atoms with Crippen molar-refractivity contribution in [3.8, 4) is 0 Å². The highest BCUT2D eigenvalue weighted by molar-refractivity contribution is 5.80. The van der Waals surface area contributed by atoms with Crippen LogP contribution < -0.4 is 10.6 Å². The molecule has 0 aliphatic heterocycles. The molecule has 0 bridgehead atoms. The average molecular weight is 212 g/mol. The quantitative estimate of drug-likeness (QED) is 0.725. The fraction of sp³-hybridized carbons (Fsp3) is 0.818. The molecule has 2 amide bonds. The first-order chi connectivity index (χ1) is 7.12. The normalized spacial score (nSPS) is 18.5. The molecule has 0 aromatic heterocycles. The minimum Gasteiger partial charge on any atom is -0.359 e. The highest BCUT2D eigenvalue weighted by Gasteiger charge is 2.37. The van der Waals surface area contributed by atoms with E-state index in [0.29, 0.717) is 12.8 Å². The third kappa shape index (κ3) is 3.22. The molecule has 1 saturated carbocycles. The molecule has 15 heavy (non-hydrogen) atoms. The molecule has 4 nitrogen and oxygen atoms in total. The molecule has 4 heteroatoms. The SMILES string of the molecule is CNC(=O)CC1(CC(=O)NC)CCCC1. The highest BCUT2D eigenvalue weighted by atomic mass is 16.2. The summed E-state index contributed by atoms with van der Waals surface area (Å²) in [6.07, 6.45) is 5.22. The Labute approximate surface area is 90.8 Å². The fourth-order valence-corrected chi connectivity index (χ4v) is 2.40. The molecular formula is C11H20N2O2. The molecule has 86 valence electrons. The molecule has 0 aromatic rings. The second kappa shape index (κ2) is 5.14. The van der Waals surface area contributed by atoms with Crippen LogP contribution in [0.25, 0.3) is 0 Å². The van der Waals surface area contributed by atoms with Crippen molar-refractivity contribution in [3.05, 3.63) is 0 Å². The number of nitrogens with one attached hydrogen (secondary N) is 2. The highest BCUT2D eigenvalue weighted by Crippen LogP contribution is 2.43. The van der Waals surface area contributed by atoms with Crippen LogP contribution in [0.4, 0.5) is 0 Å². The molecule has 1 fully saturated rings. The third-order valence-electron chi connectivity index (χ3n) is 3.29. The largest absolute Gasteiger partial charge is 0.359 e. The predicted molar refractivity (Wildman–Crippen MR) is 58.3 cm³/mol. The van der Waals surface area contributed by atoms with Gasteiger partial charge in [-0.25, -0.2) is 0 Å². The van der Waals surface area contributed by atoms with Crippen molar-refractivity contribution in [2.24, 2.45) is 5.41 Å². The van der Waals surface area contributed by atoms with Crippen LogP contribution in [-0.4, -0.2) is 25.9 Å². The summed E-state index contributed by atoms with van der Waals surface area (Å²) in [7, 11) is 3.29. The summed E-state index contributed by atoms with van der Waals surface area (Å²) in [5.41, 5.74) is -0.0831. The van der Waals surface area contributed by atoms with Crippen molar-refractivity contribution in [2.75, 3.05) is 14.1 Å². The number of carbonyl (C=O) groups is 2. The molecule has 0 saturated heterocycles. The Morgan fingerprint density at radius 2 is 1.40 bits per heavy atom. The Morgan fingerprint density at radius 3 is 1.73 bits per heavy atom. The Balaban J connectivity index is 2.61. The van der Waals surface area contributed by atoms with Gasteiger partial charge in [0.05, 0.1) is 0 Å². The fourth-order valence-electron chi connectivity index (χ4n) is 2.40. The van der Waals surface area contributed by atoms with Gasteiger partial charge in [0.2, 0.25) is 11.8 Å². The molecule has 0 heterocycles. The van der Waals surface area contributed by atoms with Crippen molar-refractivity contribution >= 4 is 11.8 Å². The monoisotopic (exact) mass is 212 g/mol. The van der Waals surface area contributed by atoms with E-state index in [0.717, 1.165) is 25.7 Å². The van der Waals surface area contributed by atoms with Crippen molar-refractivity contribution in [1.82, 2.24) is 10.6 Å². The first kappa shape index (κ1) is 12.0. The van der Waals surface area contributed by atoms with Crippen LogP contribution in [0, 0.1) is 5.41 Å². The number of hydrogen-bond acceptors (Lipinski definition) is 2. The van der Waals surface area contributed by atoms with Crippen molar-refractivity contribution in [3.63, 3.8) is 0 Å². The molecular weight excluding hydrogens is 192 g/mol. The third-order valence-corrected chi connectivity index (χ3v) is 3.29. The van der Waals surface area contributed by atoms with Crippen LogP contribution in [-0.2, 0) is 9.59 Å². The zero-order valence-electron chi connectivity index (χ0n) is 9.56. The Kier molecular flexibility index (Phi) is 4.12. The number of carbonyl (C=O) groups excluding carboxylic acids is 2. The summed E-state index contributed by atoms with van der Waals surface area (Å²) in [5.74, 6) is 0.0848. The van der Waals surface area contributed by atoms with Gasteiger partial charge in [-0.3, -0.25) is 9.59 Å². The van der Waals surface area contributed by atoms with Crippen LogP contribution in [0.1, 0.15) is 38.5 Å². The minimum absolute atomic E-state index is 0.0424. The lowest BCUT2D eigenvalue weighted by atomic mass is 9.79. The van der Waals surface area contributed by atoms with Gasteiger partial charge in [-0.1, -0.05) is 12.8 Å². The van der Waals surface area contributed by atoms with Gasteiger partial charge in [0.15, 0.2) is 0 Å². The van der Waals surface area contributed by atoms with Gasteiger partial charge in [0.1, 0.15) is 0 Å². The van der Waals surface area contributed by atoms with Crippen LogP contribution in [0.5, 0.6) is 0 Å². The molecule has 2 N–H and O–H groups in total. The molecule has 1 rings (SSSR count). The van der Waals surface area contributed by atoms with E-state index >= 15 is 0 Å². The lowest BCUT2D eigenvalue weighted by Crippen LogP contribution is -2.33. The second-order valence-corrected chi connectivity index (χ2v) is 4.41. The van der Waals surface area contributed by atoms with Crippen LogP contribution >= 0.6 is 0 Å². The minimum atomic E-state index is -0.0831. The summed E-state index contributed by atoms with van der Waals surface area (Å²) in [4.78, 5) is 22.8. The molecule has 0 radical (unpaired) electrons. The van der Waals surface area contributed by atoms with E-state index in [4.69, 9.17) is 0 Å². The maximum absolute atomic E-state index is 11.4. The van der Waals surface area contributed by atoms with E-state index in [1.54, 1.807) is 14.1 Å². The van der Waals surface area contributed by atoms with E-state index in [9.17, 15) is 9.59 Å². The molecule has 0 unspecified atom stereocenters. The van der Waals surface area contributed by atoms with Gasteiger partial charge >= 0.3 is 0 Å². The van der Waals surface area contributed by atoms with Crippen LogP contribution in [0.3, 0.4) is 0 Å². The molecule has 0 aromatic carbocycles. The number of amides is 2. The number of rotatable bonds is 4. The summed E-state index contributed by atoms with van der Waals surface area (Å²) in [6.45, 7) is 0. The van der Waals surface area contributed by atoms with E-state index in [1.165, 1.54) is 0 Å². The lowest BCUT2D eigenvalue weighted by molar-refractivity contribution is -0.126. The molecule has 1 aliphatic carbocycles. The molecule has 1 aliphatic rings. The van der Waals surface area contributed by atoms with Crippen LogP contribution in [0.15, 0.2) is 0 Å². The van der Waals surface area contributed by atoms with E-state index < -0.39 is 0 Å². The van der Waals surface area contributed by atoms with Gasteiger partial charge in [0.25, 0.3) is 0 Å². The van der Waals surface area contributed by atoms with Crippen molar-refractivity contribution in [2.45, 2.75) is 38.5 Å². The Hall–Kier alpha value is -1.06. The summed E-state index contributed by atoms with van der Waals surface area (Å²) in [5, 5.41) is 5.27. The topological polar surface area (TPSA) is 58.2 Å². The van der Waals surface area contributed by atoms with Crippen molar-refractivity contribution in [1.29, 1.82) is 0 Å². The van der Waals surface area contributed by atoms with Gasteiger partial charge in [0, 0.05) is 26.9 Å². The molecule has 0 spiro atoms. The van der Waals surface area contributed by atoms with Gasteiger partial charge in [-0.05, 0) is 18.3 Å². The van der Waals surface area contributed by atoms with Crippen molar-refractivity contribution < 1.29 is 9.59 Å². The van der Waals surface area contributed by atoms with E-state index in [1.807, 2.05) is 0 Å². The maximum atomic E-state index is 11.4. The number of hydrogen-bond donors (Lipinski definition) is 2. The predicted octanol–water partition coefficient (Wildman–Crippen LogP) is 0.819. The Morgan fingerprint density at radius 1 is 1.00 bits per heavy atom. The standard InChI is InChI=1S/C11H20N2O2/c1-12-9(14)7-11(5-3-4-6-11)8-10(15)13-2/h3-8H2,1-2H3,(H,12,14)(H,13,15). The summed E-state index contributed by atoms with van der Waals surface area (Å²) in [6, 6.07) is 0. The second-order valence-electron chi connectivity index (χ2n) is 4.41.